The second-order valence-electron chi connectivity index (χ2n) is 4.44. The van der Waals surface area contributed by atoms with Gasteiger partial charge in [0.15, 0.2) is 17.3 Å². The molecule has 0 spiro atoms. The molecule has 0 atom stereocenters. The van der Waals surface area contributed by atoms with Gasteiger partial charge >= 0.3 is 0 Å². The summed E-state index contributed by atoms with van der Waals surface area (Å²) in [5.41, 5.74) is 1.43. The third kappa shape index (κ3) is 3.72. The van der Waals surface area contributed by atoms with E-state index in [9.17, 15) is 4.79 Å². The summed E-state index contributed by atoms with van der Waals surface area (Å²) in [6, 6.07) is 5.53. The van der Waals surface area contributed by atoms with Crippen molar-refractivity contribution in [2.24, 2.45) is 7.05 Å². The first-order valence-corrected chi connectivity index (χ1v) is 6.66. The van der Waals surface area contributed by atoms with Crippen LogP contribution < -0.4 is 9.47 Å². The van der Waals surface area contributed by atoms with E-state index in [4.69, 9.17) is 9.47 Å². The molecular formula is C16H18N2O3. The number of carbonyl (C=O) groups excluding carboxylic acids is 1. The molecule has 1 aromatic carbocycles. The smallest absolute Gasteiger partial charge is 0.189 e. The highest BCUT2D eigenvalue weighted by Gasteiger charge is 2.06. The average Bonchev–Trinajstić information content (AvgIpc) is 2.92. The topological polar surface area (TPSA) is 53.3 Å². The van der Waals surface area contributed by atoms with E-state index in [2.05, 4.69) is 5.10 Å². The fourth-order valence-electron chi connectivity index (χ4n) is 1.88. The molecule has 0 fully saturated rings. The van der Waals surface area contributed by atoms with Crippen molar-refractivity contribution in [3.8, 4) is 11.5 Å². The summed E-state index contributed by atoms with van der Waals surface area (Å²) in [7, 11) is 3.37. The molecule has 1 heterocycles. The summed E-state index contributed by atoms with van der Waals surface area (Å²) in [6.45, 7) is 2.46. The second kappa shape index (κ2) is 6.74. The quantitative estimate of drug-likeness (QED) is 0.605. The molecule has 0 radical (unpaired) electrons. The second-order valence-corrected chi connectivity index (χ2v) is 4.44. The normalized spacial score (nSPS) is 10.8. The molecule has 5 nitrogen and oxygen atoms in total. The molecule has 0 bridgehead atoms. The Bertz CT molecular complexity index is 659. The molecule has 2 aromatic rings. The van der Waals surface area contributed by atoms with Crippen molar-refractivity contribution in [2.45, 2.75) is 6.92 Å². The maximum atomic E-state index is 12.0. The maximum absolute atomic E-state index is 12.0. The van der Waals surface area contributed by atoms with E-state index >= 15 is 0 Å². The first-order valence-electron chi connectivity index (χ1n) is 6.66. The van der Waals surface area contributed by atoms with Crippen molar-refractivity contribution in [2.75, 3.05) is 13.7 Å². The highest BCUT2D eigenvalue weighted by atomic mass is 16.5. The van der Waals surface area contributed by atoms with Gasteiger partial charge < -0.3 is 9.47 Å². The molecule has 0 amide bonds. The van der Waals surface area contributed by atoms with Crippen LogP contribution in [0.2, 0.25) is 0 Å². The number of carbonyl (C=O) groups is 1. The molecule has 0 saturated heterocycles. The Balaban J connectivity index is 2.17. The summed E-state index contributed by atoms with van der Waals surface area (Å²) >= 11 is 0. The third-order valence-electron chi connectivity index (χ3n) is 2.90. The van der Waals surface area contributed by atoms with Crippen LogP contribution in [0.15, 0.2) is 36.7 Å². The van der Waals surface area contributed by atoms with Gasteiger partial charge in [-0.1, -0.05) is 12.1 Å². The van der Waals surface area contributed by atoms with E-state index in [-0.39, 0.29) is 5.78 Å². The molecule has 0 aliphatic carbocycles. The predicted molar refractivity (Wildman–Crippen MR) is 80.7 cm³/mol. The van der Waals surface area contributed by atoms with E-state index in [1.807, 2.05) is 25.1 Å². The van der Waals surface area contributed by atoms with Crippen molar-refractivity contribution < 1.29 is 14.3 Å². The number of ketones is 1. The highest BCUT2D eigenvalue weighted by molar-refractivity contribution is 6.06. The van der Waals surface area contributed by atoms with Crippen LogP contribution in [-0.2, 0) is 7.05 Å². The van der Waals surface area contributed by atoms with E-state index in [1.54, 1.807) is 37.3 Å². The molecule has 0 N–H and O–H groups in total. The Labute approximate surface area is 123 Å². The van der Waals surface area contributed by atoms with E-state index in [0.717, 1.165) is 5.56 Å². The number of allylic oxidation sites excluding steroid dienone is 1. The van der Waals surface area contributed by atoms with Crippen LogP contribution in [0.25, 0.3) is 6.08 Å². The number of ether oxygens (including phenoxy) is 2. The Kier molecular flexibility index (Phi) is 4.77. The van der Waals surface area contributed by atoms with Crippen LogP contribution in [0.1, 0.15) is 22.8 Å². The SMILES string of the molecule is CCOc1cc(/C=C/C(=O)c2cnn(C)c2)ccc1OC. The number of rotatable bonds is 6. The predicted octanol–water partition coefficient (Wildman–Crippen LogP) is 2.72. The van der Waals surface area contributed by atoms with Crippen LogP contribution >= 0.6 is 0 Å². The Hall–Kier alpha value is -2.56. The van der Waals surface area contributed by atoms with Gasteiger partial charge in [-0.3, -0.25) is 9.48 Å². The molecule has 2 rings (SSSR count). The van der Waals surface area contributed by atoms with Crippen molar-refractivity contribution >= 4 is 11.9 Å². The number of aromatic nitrogens is 2. The molecule has 0 aliphatic heterocycles. The molecular weight excluding hydrogens is 268 g/mol. The van der Waals surface area contributed by atoms with Gasteiger partial charge in [-0.05, 0) is 30.7 Å². The van der Waals surface area contributed by atoms with Crippen molar-refractivity contribution in [1.82, 2.24) is 9.78 Å². The average molecular weight is 286 g/mol. The van der Waals surface area contributed by atoms with Crippen LogP contribution in [0.3, 0.4) is 0 Å². The molecule has 0 unspecified atom stereocenters. The minimum Gasteiger partial charge on any atom is -0.493 e. The number of hydrogen-bond donors (Lipinski definition) is 0. The first-order chi connectivity index (χ1) is 10.1. The zero-order chi connectivity index (χ0) is 15.2. The summed E-state index contributed by atoms with van der Waals surface area (Å²) < 4.78 is 12.3. The molecule has 0 aliphatic rings. The van der Waals surface area contributed by atoms with Gasteiger partial charge in [0.2, 0.25) is 0 Å². The summed E-state index contributed by atoms with van der Waals surface area (Å²) in [5.74, 6) is 1.25. The molecule has 110 valence electrons. The van der Waals surface area contributed by atoms with E-state index < -0.39 is 0 Å². The van der Waals surface area contributed by atoms with Gasteiger partial charge in [0.25, 0.3) is 0 Å². The lowest BCUT2D eigenvalue weighted by molar-refractivity contribution is 0.104. The largest absolute Gasteiger partial charge is 0.493 e. The minimum atomic E-state index is -0.0862. The summed E-state index contributed by atoms with van der Waals surface area (Å²) in [5, 5.41) is 3.98. The lowest BCUT2D eigenvalue weighted by atomic mass is 10.1. The summed E-state index contributed by atoms with van der Waals surface area (Å²) in [4.78, 5) is 12.0. The zero-order valence-electron chi connectivity index (χ0n) is 12.4. The number of nitrogens with zero attached hydrogens (tertiary/aromatic N) is 2. The maximum Gasteiger partial charge on any atom is 0.189 e. The van der Waals surface area contributed by atoms with Crippen LogP contribution in [-0.4, -0.2) is 29.3 Å². The lowest BCUT2D eigenvalue weighted by Gasteiger charge is -2.09. The number of hydrogen-bond acceptors (Lipinski definition) is 4. The minimum absolute atomic E-state index is 0.0862. The standard InChI is InChI=1S/C16H18N2O3/c1-4-21-16-9-12(6-8-15(16)20-3)5-7-14(19)13-10-17-18(2)11-13/h5-11H,4H2,1-3H3/b7-5+. The van der Waals surface area contributed by atoms with Gasteiger partial charge in [-0.15, -0.1) is 0 Å². The monoisotopic (exact) mass is 286 g/mol. The number of benzene rings is 1. The van der Waals surface area contributed by atoms with Crippen LogP contribution in [0.4, 0.5) is 0 Å². The zero-order valence-corrected chi connectivity index (χ0v) is 12.4. The fourth-order valence-corrected chi connectivity index (χ4v) is 1.88. The fraction of sp³-hybridized carbons (Fsp3) is 0.250. The van der Waals surface area contributed by atoms with Crippen molar-refractivity contribution in [3.63, 3.8) is 0 Å². The van der Waals surface area contributed by atoms with E-state index in [1.165, 1.54) is 6.08 Å². The van der Waals surface area contributed by atoms with Gasteiger partial charge in [-0.2, -0.15) is 5.10 Å². The van der Waals surface area contributed by atoms with Gasteiger partial charge in [0.05, 0.1) is 25.5 Å². The van der Waals surface area contributed by atoms with Crippen LogP contribution in [0.5, 0.6) is 11.5 Å². The van der Waals surface area contributed by atoms with Gasteiger partial charge in [0.1, 0.15) is 0 Å². The Morgan fingerprint density at radius 3 is 2.81 bits per heavy atom. The van der Waals surface area contributed by atoms with Crippen LogP contribution in [0, 0.1) is 0 Å². The molecule has 21 heavy (non-hydrogen) atoms. The lowest BCUT2D eigenvalue weighted by Crippen LogP contribution is -1.96. The van der Waals surface area contributed by atoms with Gasteiger partial charge in [-0.25, -0.2) is 0 Å². The third-order valence-corrected chi connectivity index (χ3v) is 2.90. The molecule has 5 heteroatoms. The van der Waals surface area contributed by atoms with Crippen molar-refractivity contribution in [3.05, 3.63) is 47.8 Å². The highest BCUT2D eigenvalue weighted by Crippen LogP contribution is 2.28. The summed E-state index contributed by atoms with van der Waals surface area (Å²) in [6.07, 6.45) is 6.50. The Morgan fingerprint density at radius 2 is 2.19 bits per heavy atom. The molecule has 0 saturated carbocycles. The first kappa shape index (κ1) is 14.8. The van der Waals surface area contributed by atoms with Crippen molar-refractivity contribution in [1.29, 1.82) is 0 Å². The number of methoxy groups -OCH3 is 1. The number of aryl methyl sites for hydroxylation is 1. The molecule has 1 aromatic heterocycles. The van der Waals surface area contributed by atoms with E-state index in [0.29, 0.717) is 23.7 Å². The van der Waals surface area contributed by atoms with Gasteiger partial charge in [0, 0.05) is 13.2 Å². The Morgan fingerprint density at radius 1 is 1.38 bits per heavy atom.